The fraction of sp³-hybridized carbons (Fsp3) is 0.125. The molecule has 1 N–H and O–H groups in total. The summed E-state index contributed by atoms with van der Waals surface area (Å²) in [6.07, 6.45) is 1.57. The normalized spacial score (nSPS) is 12.1. The SMILES string of the molecule is Cc1oc(-c2cccs2)nc1C(=O)Nc1ccccc1[S@@](C)=O. The van der Waals surface area contributed by atoms with Gasteiger partial charge >= 0.3 is 0 Å². The first-order chi connectivity index (χ1) is 11.1. The van der Waals surface area contributed by atoms with E-state index in [0.717, 1.165) is 4.88 Å². The second kappa shape index (κ2) is 6.47. The molecule has 3 rings (SSSR count). The molecule has 0 aliphatic carbocycles. The van der Waals surface area contributed by atoms with Gasteiger partial charge < -0.3 is 9.73 Å². The topological polar surface area (TPSA) is 72.2 Å². The highest BCUT2D eigenvalue weighted by Crippen LogP contribution is 2.26. The summed E-state index contributed by atoms with van der Waals surface area (Å²) >= 11 is 1.49. The maximum atomic E-state index is 12.5. The van der Waals surface area contributed by atoms with Crippen molar-refractivity contribution in [2.24, 2.45) is 0 Å². The number of benzene rings is 1. The van der Waals surface area contributed by atoms with Crippen LogP contribution in [0.3, 0.4) is 0 Å². The molecule has 2 aromatic heterocycles. The highest BCUT2D eigenvalue weighted by molar-refractivity contribution is 7.84. The molecule has 0 radical (unpaired) electrons. The number of thiophene rings is 1. The third kappa shape index (κ3) is 3.25. The first kappa shape index (κ1) is 15.6. The molecule has 5 nitrogen and oxygen atoms in total. The Labute approximate surface area is 139 Å². The van der Waals surface area contributed by atoms with Gasteiger partial charge in [-0.1, -0.05) is 18.2 Å². The van der Waals surface area contributed by atoms with Crippen LogP contribution in [0.1, 0.15) is 16.2 Å². The van der Waals surface area contributed by atoms with E-state index in [-0.39, 0.29) is 11.6 Å². The van der Waals surface area contributed by atoms with Gasteiger partial charge in [-0.05, 0) is 30.5 Å². The Balaban J connectivity index is 1.89. The lowest BCUT2D eigenvalue weighted by atomic mass is 10.3. The Bertz CT molecular complexity index is 869. The van der Waals surface area contributed by atoms with E-state index in [2.05, 4.69) is 10.3 Å². The number of rotatable bonds is 4. The van der Waals surface area contributed by atoms with Crippen molar-refractivity contribution < 1.29 is 13.4 Å². The van der Waals surface area contributed by atoms with Crippen molar-refractivity contribution in [3.05, 3.63) is 53.2 Å². The molecule has 0 spiro atoms. The number of oxazole rings is 1. The number of hydrogen-bond donors (Lipinski definition) is 1. The number of hydrogen-bond acceptors (Lipinski definition) is 5. The van der Waals surface area contributed by atoms with E-state index in [1.807, 2.05) is 17.5 Å². The summed E-state index contributed by atoms with van der Waals surface area (Å²) in [6, 6.07) is 10.8. The first-order valence-electron chi connectivity index (χ1n) is 6.81. The van der Waals surface area contributed by atoms with Crippen LogP contribution in [0.4, 0.5) is 5.69 Å². The first-order valence-corrected chi connectivity index (χ1v) is 9.25. The molecule has 23 heavy (non-hydrogen) atoms. The van der Waals surface area contributed by atoms with Crippen LogP contribution in [0, 0.1) is 6.92 Å². The summed E-state index contributed by atoms with van der Waals surface area (Å²) in [5.41, 5.74) is 0.739. The highest BCUT2D eigenvalue weighted by atomic mass is 32.2. The molecule has 2 heterocycles. The Kier molecular flexibility index (Phi) is 4.40. The van der Waals surface area contributed by atoms with Gasteiger partial charge in [-0.3, -0.25) is 9.00 Å². The zero-order valence-electron chi connectivity index (χ0n) is 12.5. The monoisotopic (exact) mass is 346 g/mol. The summed E-state index contributed by atoms with van der Waals surface area (Å²) in [6.45, 7) is 1.70. The van der Waals surface area contributed by atoms with Crippen molar-refractivity contribution in [3.63, 3.8) is 0 Å². The third-order valence-electron chi connectivity index (χ3n) is 3.19. The van der Waals surface area contributed by atoms with Gasteiger partial charge in [-0.25, -0.2) is 4.98 Å². The Morgan fingerprint density at radius 2 is 2.04 bits per heavy atom. The molecule has 0 aliphatic heterocycles. The van der Waals surface area contributed by atoms with E-state index >= 15 is 0 Å². The van der Waals surface area contributed by atoms with Gasteiger partial charge in [0, 0.05) is 6.26 Å². The number of nitrogens with zero attached hydrogens (tertiary/aromatic N) is 1. The van der Waals surface area contributed by atoms with E-state index in [0.29, 0.717) is 22.2 Å². The maximum Gasteiger partial charge on any atom is 0.277 e. The molecule has 1 aromatic carbocycles. The second-order valence-corrected chi connectivity index (χ2v) is 7.10. The zero-order valence-corrected chi connectivity index (χ0v) is 14.2. The Hall–Kier alpha value is -2.25. The van der Waals surface area contributed by atoms with E-state index in [1.54, 1.807) is 37.4 Å². The van der Waals surface area contributed by atoms with Crippen molar-refractivity contribution in [1.82, 2.24) is 4.98 Å². The molecule has 1 amide bonds. The Morgan fingerprint density at radius 3 is 2.74 bits per heavy atom. The number of aryl methyl sites for hydroxylation is 1. The summed E-state index contributed by atoms with van der Waals surface area (Å²) in [5.74, 6) is 0.489. The van der Waals surface area contributed by atoms with Gasteiger partial charge in [-0.2, -0.15) is 0 Å². The largest absolute Gasteiger partial charge is 0.440 e. The lowest BCUT2D eigenvalue weighted by Crippen LogP contribution is -2.15. The van der Waals surface area contributed by atoms with Gasteiger partial charge in [0.15, 0.2) is 5.69 Å². The molecule has 118 valence electrons. The number of carbonyl (C=O) groups excluding carboxylic acids is 1. The van der Waals surface area contributed by atoms with Crippen LogP contribution in [0.5, 0.6) is 0 Å². The molecule has 0 aliphatic rings. The number of para-hydroxylation sites is 1. The molecule has 0 saturated carbocycles. The molecule has 0 fully saturated rings. The minimum atomic E-state index is -1.19. The maximum absolute atomic E-state index is 12.5. The fourth-order valence-electron chi connectivity index (χ4n) is 2.11. The van der Waals surface area contributed by atoms with Gasteiger partial charge in [0.1, 0.15) is 5.76 Å². The van der Waals surface area contributed by atoms with Crippen LogP contribution in [0.25, 0.3) is 10.8 Å². The molecular weight excluding hydrogens is 332 g/mol. The van der Waals surface area contributed by atoms with Crippen molar-refractivity contribution in [2.45, 2.75) is 11.8 Å². The van der Waals surface area contributed by atoms with E-state index in [4.69, 9.17) is 4.42 Å². The number of nitrogens with one attached hydrogen (secondary N) is 1. The van der Waals surface area contributed by atoms with Gasteiger partial charge in [-0.15, -0.1) is 11.3 Å². The molecule has 0 bridgehead atoms. The molecule has 0 unspecified atom stereocenters. The van der Waals surface area contributed by atoms with Crippen molar-refractivity contribution in [1.29, 1.82) is 0 Å². The fourth-order valence-corrected chi connectivity index (χ4v) is 3.46. The Morgan fingerprint density at radius 1 is 1.26 bits per heavy atom. The summed E-state index contributed by atoms with van der Waals surface area (Å²) in [5, 5.41) is 4.67. The van der Waals surface area contributed by atoms with Crippen LogP contribution < -0.4 is 5.32 Å². The number of carbonyl (C=O) groups is 1. The second-order valence-electron chi connectivity index (χ2n) is 4.81. The minimum Gasteiger partial charge on any atom is -0.440 e. The molecule has 7 heteroatoms. The van der Waals surface area contributed by atoms with Crippen molar-refractivity contribution in [2.75, 3.05) is 11.6 Å². The third-order valence-corrected chi connectivity index (χ3v) is 5.02. The van der Waals surface area contributed by atoms with E-state index in [1.165, 1.54) is 11.3 Å². The lowest BCUT2D eigenvalue weighted by Gasteiger charge is -2.07. The van der Waals surface area contributed by atoms with Crippen molar-refractivity contribution >= 4 is 33.7 Å². The van der Waals surface area contributed by atoms with Crippen LogP contribution >= 0.6 is 11.3 Å². The van der Waals surface area contributed by atoms with E-state index in [9.17, 15) is 9.00 Å². The van der Waals surface area contributed by atoms with Crippen LogP contribution in [0.2, 0.25) is 0 Å². The van der Waals surface area contributed by atoms with Crippen molar-refractivity contribution in [3.8, 4) is 10.8 Å². The minimum absolute atomic E-state index is 0.227. The molecule has 1 atom stereocenters. The zero-order chi connectivity index (χ0) is 16.4. The predicted octanol–water partition coefficient (Wildman–Crippen LogP) is 3.70. The predicted molar refractivity (Wildman–Crippen MR) is 91.3 cm³/mol. The van der Waals surface area contributed by atoms with Crippen LogP contribution in [-0.4, -0.2) is 21.4 Å². The van der Waals surface area contributed by atoms with Crippen LogP contribution in [-0.2, 0) is 10.8 Å². The standard InChI is InChI=1S/C16H14N2O3S2/c1-10-14(18-16(21-10)12-7-5-9-22-12)15(19)17-11-6-3-4-8-13(11)23(2)20/h3-9H,1-2H3,(H,17,19)/t23-/m1/s1. The highest BCUT2D eigenvalue weighted by Gasteiger charge is 2.19. The quantitative estimate of drug-likeness (QED) is 0.782. The molecule has 0 saturated heterocycles. The van der Waals surface area contributed by atoms with Crippen LogP contribution in [0.15, 0.2) is 51.1 Å². The smallest absolute Gasteiger partial charge is 0.277 e. The van der Waals surface area contributed by atoms with Gasteiger partial charge in [0.2, 0.25) is 5.89 Å². The number of amides is 1. The average molecular weight is 346 g/mol. The summed E-state index contributed by atoms with van der Waals surface area (Å²) in [7, 11) is -1.19. The molecule has 3 aromatic rings. The average Bonchev–Trinajstić information content (AvgIpc) is 3.16. The van der Waals surface area contributed by atoms with Gasteiger partial charge in [0.05, 0.1) is 26.3 Å². The van der Waals surface area contributed by atoms with Gasteiger partial charge in [0.25, 0.3) is 5.91 Å². The van der Waals surface area contributed by atoms with E-state index < -0.39 is 10.8 Å². The number of anilines is 1. The number of aromatic nitrogens is 1. The lowest BCUT2D eigenvalue weighted by molar-refractivity contribution is 0.102. The summed E-state index contributed by atoms with van der Waals surface area (Å²) in [4.78, 5) is 18.2. The molecular formula is C16H14N2O3S2. The summed E-state index contributed by atoms with van der Waals surface area (Å²) < 4.78 is 17.3.